The second-order valence-electron chi connectivity index (χ2n) is 4.79. The number of amides is 1. The van der Waals surface area contributed by atoms with Gasteiger partial charge in [-0.25, -0.2) is 0 Å². The van der Waals surface area contributed by atoms with Gasteiger partial charge in [-0.3, -0.25) is 4.79 Å². The maximum atomic E-state index is 12.2. The fourth-order valence-electron chi connectivity index (χ4n) is 2.36. The van der Waals surface area contributed by atoms with E-state index in [9.17, 15) is 4.79 Å². The summed E-state index contributed by atoms with van der Waals surface area (Å²) >= 11 is 1.61. The van der Waals surface area contributed by atoms with Crippen molar-refractivity contribution in [3.05, 3.63) is 29.8 Å². The summed E-state index contributed by atoms with van der Waals surface area (Å²) in [7, 11) is 0. The first-order valence-corrected chi connectivity index (χ1v) is 7.62. The van der Waals surface area contributed by atoms with Crippen molar-refractivity contribution in [3.8, 4) is 0 Å². The standard InChI is InChI=1S/C14H20N2OS.ClH/c1-18-13-5-3-2-4-12(13)14(17)16-11-8-6-10(15)7-9-11;/h2-5,10-11H,6-9,15H2,1H3,(H,16,17);1H. The van der Waals surface area contributed by atoms with Gasteiger partial charge in [0.15, 0.2) is 0 Å². The van der Waals surface area contributed by atoms with E-state index < -0.39 is 0 Å². The molecule has 3 N–H and O–H groups in total. The summed E-state index contributed by atoms with van der Waals surface area (Å²) in [6.45, 7) is 0. The van der Waals surface area contributed by atoms with Gasteiger partial charge in [-0.15, -0.1) is 24.2 Å². The second kappa shape index (κ2) is 7.78. The number of nitrogens with one attached hydrogen (secondary N) is 1. The maximum absolute atomic E-state index is 12.2. The van der Waals surface area contributed by atoms with E-state index >= 15 is 0 Å². The van der Waals surface area contributed by atoms with E-state index in [1.807, 2.05) is 30.5 Å². The van der Waals surface area contributed by atoms with Crippen LogP contribution in [0.25, 0.3) is 0 Å². The van der Waals surface area contributed by atoms with Crippen molar-refractivity contribution in [1.29, 1.82) is 0 Å². The first-order chi connectivity index (χ1) is 8.70. The lowest BCUT2D eigenvalue weighted by Crippen LogP contribution is -2.40. The third kappa shape index (κ3) is 4.41. The van der Waals surface area contributed by atoms with E-state index in [2.05, 4.69) is 5.32 Å². The summed E-state index contributed by atoms with van der Waals surface area (Å²) in [5, 5.41) is 3.12. The summed E-state index contributed by atoms with van der Waals surface area (Å²) in [6, 6.07) is 8.34. The number of hydrogen-bond donors (Lipinski definition) is 2. The zero-order valence-electron chi connectivity index (χ0n) is 11.1. The highest BCUT2D eigenvalue weighted by Crippen LogP contribution is 2.21. The van der Waals surface area contributed by atoms with Crippen LogP contribution in [0.2, 0.25) is 0 Å². The van der Waals surface area contributed by atoms with E-state index in [0.29, 0.717) is 6.04 Å². The van der Waals surface area contributed by atoms with Crippen LogP contribution in [-0.2, 0) is 0 Å². The van der Waals surface area contributed by atoms with Gasteiger partial charge in [-0.1, -0.05) is 12.1 Å². The molecule has 1 aromatic rings. The average Bonchev–Trinajstić information content (AvgIpc) is 2.41. The highest BCUT2D eigenvalue weighted by Gasteiger charge is 2.21. The van der Waals surface area contributed by atoms with Crippen LogP contribution in [0.1, 0.15) is 36.0 Å². The number of nitrogens with two attached hydrogens (primary N) is 1. The Morgan fingerprint density at radius 2 is 1.89 bits per heavy atom. The fraction of sp³-hybridized carbons (Fsp3) is 0.500. The van der Waals surface area contributed by atoms with Crippen LogP contribution in [0.5, 0.6) is 0 Å². The number of carbonyl (C=O) groups is 1. The molecule has 0 unspecified atom stereocenters. The molecule has 1 saturated carbocycles. The predicted molar refractivity (Wildman–Crippen MR) is 83.2 cm³/mol. The topological polar surface area (TPSA) is 55.1 Å². The van der Waals surface area contributed by atoms with E-state index in [1.165, 1.54) is 0 Å². The SMILES string of the molecule is CSc1ccccc1C(=O)NC1CCC(N)CC1.Cl. The molecule has 106 valence electrons. The number of carbonyl (C=O) groups excluding carboxylic acids is 1. The van der Waals surface area contributed by atoms with Gasteiger partial charge in [-0.05, 0) is 44.1 Å². The Morgan fingerprint density at radius 3 is 2.53 bits per heavy atom. The van der Waals surface area contributed by atoms with E-state index in [1.54, 1.807) is 11.8 Å². The number of benzene rings is 1. The summed E-state index contributed by atoms with van der Waals surface area (Å²) in [6.07, 6.45) is 6.00. The largest absolute Gasteiger partial charge is 0.349 e. The normalized spacial score (nSPS) is 22.4. The third-order valence-corrected chi connectivity index (χ3v) is 4.25. The lowest BCUT2D eigenvalue weighted by atomic mass is 9.91. The molecule has 0 aromatic heterocycles. The molecule has 5 heteroatoms. The van der Waals surface area contributed by atoms with Gasteiger partial charge >= 0.3 is 0 Å². The molecule has 0 spiro atoms. The van der Waals surface area contributed by atoms with Crippen LogP contribution in [0.15, 0.2) is 29.2 Å². The molecular weight excluding hydrogens is 280 g/mol. The Hall–Kier alpha value is -0.710. The van der Waals surface area contributed by atoms with Crippen molar-refractivity contribution in [2.45, 2.75) is 42.7 Å². The zero-order chi connectivity index (χ0) is 13.0. The first-order valence-electron chi connectivity index (χ1n) is 6.40. The summed E-state index contributed by atoms with van der Waals surface area (Å²) in [5.74, 6) is 0.0421. The Kier molecular flexibility index (Phi) is 6.69. The van der Waals surface area contributed by atoms with Crippen LogP contribution >= 0.6 is 24.2 Å². The Morgan fingerprint density at radius 1 is 1.26 bits per heavy atom. The Balaban J connectivity index is 0.00000180. The molecule has 0 heterocycles. The molecule has 0 atom stereocenters. The number of thioether (sulfide) groups is 1. The molecule has 1 aliphatic rings. The Labute approximate surface area is 125 Å². The highest BCUT2D eigenvalue weighted by atomic mass is 35.5. The lowest BCUT2D eigenvalue weighted by Gasteiger charge is -2.27. The van der Waals surface area contributed by atoms with Crippen LogP contribution in [0, 0.1) is 0 Å². The number of rotatable bonds is 3. The van der Waals surface area contributed by atoms with E-state index in [4.69, 9.17) is 5.73 Å². The third-order valence-electron chi connectivity index (χ3n) is 3.46. The van der Waals surface area contributed by atoms with Gasteiger partial charge in [0.2, 0.25) is 0 Å². The molecule has 2 rings (SSSR count). The Bertz CT molecular complexity index is 420. The highest BCUT2D eigenvalue weighted by molar-refractivity contribution is 7.98. The van der Waals surface area contributed by atoms with Crippen LogP contribution in [0.4, 0.5) is 0 Å². The molecule has 1 aliphatic carbocycles. The molecule has 1 fully saturated rings. The van der Waals surface area contributed by atoms with Crippen molar-refractivity contribution in [2.24, 2.45) is 5.73 Å². The zero-order valence-corrected chi connectivity index (χ0v) is 12.7. The van der Waals surface area contributed by atoms with Crippen LogP contribution < -0.4 is 11.1 Å². The number of hydrogen-bond acceptors (Lipinski definition) is 3. The van der Waals surface area contributed by atoms with E-state index in [0.717, 1.165) is 36.1 Å². The lowest BCUT2D eigenvalue weighted by molar-refractivity contribution is 0.0923. The second-order valence-corrected chi connectivity index (χ2v) is 5.63. The maximum Gasteiger partial charge on any atom is 0.252 e. The van der Waals surface area contributed by atoms with Gasteiger partial charge in [0.1, 0.15) is 0 Å². The van der Waals surface area contributed by atoms with Crippen LogP contribution in [-0.4, -0.2) is 24.2 Å². The molecule has 0 radical (unpaired) electrons. The van der Waals surface area contributed by atoms with Crippen molar-refractivity contribution >= 4 is 30.1 Å². The van der Waals surface area contributed by atoms with E-state index in [-0.39, 0.29) is 24.4 Å². The molecule has 1 amide bonds. The summed E-state index contributed by atoms with van der Waals surface area (Å²) < 4.78 is 0. The quantitative estimate of drug-likeness (QED) is 0.844. The molecular formula is C14H21ClN2OS. The van der Waals surface area contributed by atoms with Crippen molar-refractivity contribution < 1.29 is 4.79 Å². The molecule has 19 heavy (non-hydrogen) atoms. The fourth-order valence-corrected chi connectivity index (χ4v) is 2.95. The summed E-state index contributed by atoms with van der Waals surface area (Å²) in [4.78, 5) is 13.2. The van der Waals surface area contributed by atoms with Gasteiger partial charge in [0.25, 0.3) is 5.91 Å². The average molecular weight is 301 g/mol. The minimum atomic E-state index is 0. The van der Waals surface area contributed by atoms with Crippen molar-refractivity contribution in [2.75, 3.05) is 6.26 Å². The van der Waals surface area contributed by atoms with Crippen LogP contribution in [0.3, 0.4) is 0 Å². The minimum absolute atomic E-state index is 0. The smallest absolute Gasteiger partial charge is 0.252 e. The first kappa shape index (κ1) is 16.3. The van der Waals surface area contributed by atoms with Gasteiger partial charge < -0.3 is 11.1 Å². The molecule has 0 saturated heterocycles. The molecule has 1 aromatic carbocycles. The molecule has 3 nitrogen and oxygen atoms in total. The summed E-state index contributed by atoms with van der Waals surface area (Å²) in [5.41, 5.74) is 6.65. The van der Waals surface area contributed by atoms with Crippen molar-refractivity contribution in [1.82, 2.24) is 5.32 Å². The van der Waals surface area contributed by atoms with Gasteiger partial charge in [0.05, 0.1) is 5.56 Å². The van der Waals surface area contributed by atoms with Crippen molar-refractivity contribution in [3.63, 3.8) is 0 Å². The predicted octanol–water partition coefficient (Wildman–Crippen LogP) is 2.83. The monoisotopic (exact) mass is 300 g/mol. The van der Waals surface area contributed by atoms with Gasteiger partial charge in [0, 0.05) is 17.0 Å². The van der Waals surface area contributed by atoms with Gasteiger partial charge in [-0.2, -0.15) is 0 Å². The molecule has 0 bridgehead atoms. The number of halogens is 1. The minimum Gasteiger partial charge on any atom is -0.349 e. The molecule has 0 aliphatic heterocycles.